The Kier molecular flexibility index (Phi) is 5.94. The van der Waals surface area contributed by atoms with Gasteiger partial charge in [-0.05, 0) is 46.0 Å². The van der Waals surface area contributed by atoms with Crippen LogP contribution in [0.25, 0.3) is 0 Å². The topological polar surface area (TPSA) is 81.6 Å². The van der Waals surface area contributed by atoms with Crippen LogP contribution in [0.2, 0.25) is 0 Å². The van der Waals surface area contributed by atoms with Gasteiger partial charge in [0.25, 0.3) is 0 Å². The molecule has 1 saturated heterocycles. The fourth-order valence-corrected chi connectivity index (χ4v) is 2.56. The predicted octanol–water partition coefficient (Wildman–Crippen LogP) is 1.14. The van der Waals surface area contributed by atoms with Crippen LogP contribution in [0.1, 0.15) is 19.3 Å². The van der Waals surface area contributed by atoms with Crippen molar-refractivity contribution in [3.63, 3.8) is 0 Å². The van der Waals surface area contributed by atoms with Gasteiger partial charge in [0.1, 0.15) is 5.82 Å². The van der Waals surface area contributed by atoms with Crippen LogP contribution in [0.3, 0.4) is 0 Å². The molecule has 122 valence electrons. The number of rotatable bonds is 7. The summed E-state index contributed by atoms with van der Waals surface area (Å²) in [6, 6.07) is 1.88. The highest BCUT2D eigenvalue weighted by atomic mass is 16.4. The van der Waals surface area contributed by atoms with Crippen molar-refractivity contribution in [1.82, 2.24) is 14.9 Å². The minimum Gasteiger partial charge on any atom is -0.481 e. The van der Waals surface area contributed by atoms with E-state index >= 15 is 0 Å². The summed E-state index contributed by atoms with van der Waals surface area (Å²) in [6.07, 6.45) is 4.13. The third-order valence-electron chi connectivity index (χ3n) is 3.87. The van der Waals surface area contributed by atoms with Crippen molar-refractivity contribution in [2.24, 2.45) is 5.92 Å². The standard InChI is InChI=1S/C15H25N5O2/c1-19(2)9-3-7-16-15-17-8-4-13(18-15)20-10-5-12(6-11-20)14(21)22/h4,8,12H,3,5-7,9-11H2,1-2H3,(H,21,22)(H,16,17,18). The number of carbonyl (C=O) groups is 1. The zero-order valence-corrected chi connectivity index (χ0v) is 13.3. The molecule has 0 amide bonds. The van der Waals surface area contributed by atoms with E-state index in [-0.39, 0.29) is 5.92 Å². The zero-order chi connectivity index (χ0) is 15.9. The molecule has 0 saturated carbocycles. The van der Waals surface area contributed by atoms with Gasteiger partial charge in [0.15, 0.2) is 0 Å². The second kappa shape index (κ2) is 7.93. The molecular formula is C15H25N5O2. The Morgan fingerprint density at radius 1 is 1.45 bits per heavy atom. The molecular weight excluding hydrogens is 282 g/mol. The van der Waals surface area contributed by atoms with E-state index < -0.39 is 5.97 Å². The van der Waals surface area contributed by atoms with Crippen molar-refractivity contribution >= 4 is 17.7 Å². The van der Waals surface area contributed by atoms with E-state index in [0.29, 0.717) is 18.8 Å². The molecule has 0 spiro atoms. The normalized spacial score (nSPS) is 16.0. The number of nitrogens with one attached hydrogen (secondary N) is 1. The van der Waals surface area contributed by atoms with Gasteiger partial charge in [-0.15, -0.1) is 0 Å². The summed E-state index contributed by atoms with van der Waals surface area (Å²) < 4.78 is 0. The highest BCUT2D eigenvalue weighted by Gasteiger charge is 2.25. The Labute approximate surface area is 131 Å². The SMILES string of the molecule is CN(C)CCCNc1nccc(N2CCC(C(=O)O)CC2)n1. The van der Waals surface area contributed by atoms with E-state index in [4.69, 9.17) is 5.11 Å². The first kappa shape index (κ1) is 16.5. The van der Waals surface area contributed by atoms with Crippen molar-refractivity contribution < 1.29 is 9.90 Å². The van der Waals surface area contributed by atoms with Gasteiger partial charge in [-0.3, -0.25) is 4.79 Å². The van der Waals surface area contributed by atoms with E-state index in [1.807, 2.05) is 6.07 Å². The van der Waals surface area contributed by atoms with E-state index in [1.165, 1.54) is 0 Å². The number of nitrogens with zero attached hydrogens (tertiary/aromatic N) is 4. The van der Waals surface area contributed by atoms with E-state index in [1.54, 1.807) is 6.20 Å². The van der Waals surface area contributed by atoms with Gasteiger partial charge in [0, 0.05) is 25.8 Å². The highest BCUT2D eigenvalue weighted by Crippen LogP contribution is 2.22. The van der Waals surface area contributed by atoms with Crippen LogP contribution in [-0.4, -0.2) is 66.2 Å². The lowest BCUT2D eigenvalue weighted by Gasteiger charge is -2.31. The molecule has 0 aliphatic carbocycles. The summed E-state index contributed by atoms with van der Waals surface area (Å²) >= 11 is 0. The molecule has 0 atom stereocenters. The molecule has 0 bridgehead atoms. The molecule has 1 aliphatic rings. The quantitative estimate of drug-likeness (QED) is 0.731. The van der Waals surface area contributed by atoms with Crippen molar-refractivity contribution in [3.05, 3.63) is 12.3 Å². The first-order valence-corrected chi connectivity index (χ1v) is 7.75. The van der Waals surface area contributed by atoms with E-state index in [2.05, 4.69) is 39.2 Å². The smallest absolute Gasteiger partial charge is 0.306 e. The Morgan fingerprint density at radius 3 is 2.82 bits per heavy atom. The molecule has 1 fully saturated rings. The third kappa shape index (κ3) is 4.84. The van der Waals surface area contributed by atoms with Crippen LogP contribution in [0, 0.1) is 5.92 Å². The number of carboxylic acids is 1. The number of aromatic nitrogens is 2. The number of hydrogen-bond donors (Lipinski definition) is 2. The Bertz CT molecular complexity index is 487. The highest BCUT2D eigenvalue weighted by molar-refractivity contribution is 5.70. The van der Waals surface area contributed by atoms with Crippen molar-refractivity contribution in [2.45, 2.75) is 19.3 Å². The summed E-state index contributed by atoms with van der Waals surface area (Å²) in [6.45, 7) is 3.32. The lowest BCUT2D eigenvalue weighted by molar-refractivity contribution is -0.142. The molecule has 0 radical (unpaired) electrons. The van der Waals surface area contributed by atoms with Gasteiger partial charge < -0.3 is 20.2 Å². The van der Waals surface area contributed by atoms with Crippen LogP contribution in [0.4, 0.5) is 11.8 Å². The summed E-state index contributed by atoms with van der Waals surface area (Å²) in [5.41, 5.74) is 0. The Balaban J connectivity index is 1.85. The second-order valence-electron chi connectivity index (χ2n) is 5.92. The van der Waals surface area contributed by atoms with Gasteiger partial charge in [-0.2, -0.15) is 4.98 Å². The summed E-state index contributed by atoms with van der Waals surface area (Å²) in [5.74, 6) is 0.595. The average molecular weight is 307 g/mol. The number of hydrogen-bond acceptors (Lipinski definition) is 6. The number of carboxylic acid groups (broad SMARTS) is 1. The first-order valence-electron chi connectivity index (χ1n) is 7.75. The number of anilines is 2. The van der Waals surface area contributed by atoms with Gasteiger partial charge in [0.2, 0.25) is 5.95 Å². The van der Waals surface area contributed by atoms with Crippen LogP contribution in [0.15, 0.2) is 12.3 Å². The summed E-state index contributed by atoms with van der Waals surface area (Å²) in [7, 11) is 4.11. The minimum atomic E-state index is -0.689. The van der Waals surface area contributed by atoms with Crippen molar-refractivity contribution in [3.8, 4) is 0 Å². The van der Waals surface area contributed by atoms with Gasteiger partial charge >= 0.3 is 5.97 Å². The van der Waals surface area contributed by atoms with Crippen LogP contribution in [-0.2, 0) is 4.79 Å². The van der Waals surface area contributed by atoms with Gasteiger partial charge in [-0.25, -0.2) is 4.98 Å². The van der Waals surface area contributed by atoms with Crippen LogP contribution in [0.5, 0.6) is 0 Å². The molecule has 1 aliphatic heterocycles. The molecule has 1 aromatic heterocycles. The van der Waals surface area contributed by atoms with Crippen LogP contribution < -0.4 is 10.2 Å². The number of piperidine rings is 1. The van der Waals surface area contributed by atoms with E-state index in [0.717, 1.165) is 38.4 Å². The fourth-order valence-electron chi connectivity index (χ4n) is 2.56. The third-order valence-corrected chi connectivity index (χ3v) is 3.87. The molecule has 2 N–H and O–H groups in total. The molecule has 22 heavy (non-hydrogen) atoms. The Morgan fingerprint density at radius 2 is 2.18 bits per heavy atom. The minimum absolute atomic E-state index is 0.221. The fraction of sp³-hybridized carbons (Fsp3) is 0.667. The van der Waals surface area contributed by atoms with Gasteiger partial charge in [-0.1, -0.05) is 0 Å². The second-order valence-corrected chi connectivity index (χ2v) is 5.92. The van der Waals surface area contributed by atoms with Gasteiger partial charge in [0.05, 0.1) is 5.92 Å². The van der Waals surface area contributed by atoms with E-state index in [9.17, 15) is 4.79 Å². The zero-order valence-electron chi connectivity index (χ0n) is 13.3. The summed E-state index contributed by atoms with van der Waals surface area (Å²) in [4.78, 5) is 24.0. The maximum absolute atomic E-state index is 11.0. The van der Waals surface area contributed by atoms with Crippen molar-refractivity contribution in [1.29, 1.82) is 0 Å². The molecule has 2 heterocycles. The number of aliphatic carboxylic acids is 1. The molecule has 7 nitrogen and oxygen atoms in total. The molecule has 2 rings (SSSR count). The first-order chi connectivity index (χ1) is 10.6. The molecule has 7 heteroatoms. The van der Waals surface area contributed by atoms with Crippen molar-refractivity contribution in [2.75, 3.05) is 50.5 Å². The van der Waals surface area contributed by atoms with Crippen LogP contribution >= 0.6 is 0 Å². The largest absolute Gasteiger partial charge is 0.481 e. The monoisotopic (exact) mass is 307 g/mol. The molecule has 1 aromatic rings. The molecule has 0 aromatic carbocycles. The lowest BCUT2D eigenvalue weighted by atomic mass is 9.97. The maximum Gasteiger partial charge on any atom is 0.306 e. The summed E-state index contributed by atoms with van der Waals surface area (Å²) in [5, 5.41) is 12.3. The molecule has 0 unspecified atom stereocenters. The predicted molar refractivity (Wildman–Crippen MR) is 86.3 cm³/mol. The maximum atomic E-state index is 11.0. The Hall–Kier alpha value is -1.89. The average Bonchev–Trinajstić information content (AvgIpc) is 2.52. The lowest BCUT2D eigenvalue weighted by Crippen LogP contribution is -2.36.